The van der Waals surface area contributed by atoms with E-state index in [4.69, 9.17) is 0 Å². The summed E-state index contributed by atoms with van der Waals surface area (Å²) >= 11 is 5.21. The van der Waals surface area contributed by atoms with Gasteiger partial charge in [0.05, 0.1) is 10.2 Å². The number of rotatable bonds is 6. The van der Waals surface area contributed by atoms with Gasteiger partial charge in [0.15, 0.2) is 5.13 Å². The molecule has 0 amide bonds. The molecule has 0 atom stereocenters. The third-order valence-electron chi connectivity index (χ3n) is 3.32. The third kappa shape index (κ3) is 3.93. The molecule has 5 heteroatoms. The fourth-order valence-corrected chi connectivity index (χ4v) is 3.82. The minimum Gasteiger partial charge on any atom is -0.360 e. The van der Waals surface area contributed by atoms with E-state index in [9.17, 15) is 0 Å². The number of anilines is 1. The Hall–Kier alpha value is -0.650. The zero-order valence-electron chi connectivity index (χ0n) is 12.5. The molecule has 0 aliphatic rings. The molecule has 0 bridgehead atoms. The number of nitrogens with zero attached hydrogens (tertiary/aromatic N) is 2. The van der Waals surface area contributed by atoms with Gasteiger partial charge in [-0.2, -0.15) is 0 Å². The Morgan fingerprint density at radius 2 is 1.95 bits per heavy atom. The smallest absolute Gasteiger partial charge is 0.183 e. The van der Waals surface area contributed by atoms with Crippen LogP contribution in [0.3, 0.4) is 0 Å². The molecule has 110 valence electrons. The predicted molar refractivity (Wildman–Crippen MR) is 92.8 cm³/mol. The molecule has 1 aromatic heterocycles. The Labute approximate surface area is 133 Å². The monoisotopic (exact) mass is 355 g/mol. The molecular formula is C15H22BrN3S. The van der Waals surface area contributed by atoms with Crippen molar-refractivity contribution in [3.63, 3.8) is 0 Å². The molecule has 2 rings (SSSR count). The van der Waals surface area contributed by atoms with Crippen molar-refractivity contribution in [3.8, 4) is 0 Å². The molecule has 1 N–H and O–H groups in total. The predicted octanol–water partition coefficient (Wildman–Crippen LogP) is 4.59. The van der Waals surface area contributed by atoms with E-state index < -0.39 is 0 Å². The summed E-state index contributed by atoms with van der Waals surface area (Å²) < 4.78 is 2.32. The van der Waals surface area contributed by atoms with Crippen molar-refractivity contribution in [2.45, 2.75) is 39.8 Å². The number of fused-ring (bicyclic) bond motifs is 1. The average molecular weight is 356 g/mol. The summed E-state index contributed by atoms with van der Waals surface area (Å²) in [6.07, 6.45) is 0. The van der Waals surface area contributed by atoms with Gasteiger partial charge in [0.2, 0.25) is 0 Å². The lowest BCUT2D eigenvalue weighted by Gasteiger charge is -2.30. The molecule has 2 aromatic rings. The summed E-state index contributed by atoms with van der Waals surface area (Å²) in [7, 11) is 0. The summed E-state index contributed by atoms with van der Waals surface area (Å²) in [5.74, 6) is 0. The van der Waals surface area contributed by atoms with Gasteiger partial charge in [0.25, 0.3) is 0 Å². The van der Waals surface area contributed by atoms with E-state index in [1.54, 1.807) is 11.3 Å². The normalized spacial score (nSPS) is 12.0. The highest BCUT2D eigenvalue weighted by molar-refractivity contribution is 9.10. The van der Waals surface area contributed by atoms with Gasteiger partial charge in [-0.1, -0.05) is 27.3 Å². The number of benzene rings is 1. The van der Waals surface area contributed by atoms with Crippen LogP contribution in [0.25, 0.3) is 10.2 Å². The van der Waals surface area contributed by atoms with Crippen LogP contribution < -0.4 is 5.32 Å². The number of nitrogens with one attached hydrogen (secondary N) is 1. The van der Waals surface area contributed by atoms with Crippen molar-refractivity contribution >= 4 is 42.6 Å². The molecule has 1 heterocycles. The number of aromatic nitrogens is 1. The molecule has 1 aromatic carbocycles. The summed E-state index contributed by atoms with van der Waals surface area (Å²) in [4.78, 5) is 7.09. The first-order valence-electron chi connectivity index (χ1n) is 7.03. The first-order chi connectivity index (χ1) is 9.47. The standard InChI is InChI=1S/C15H22BrN3S/c1-10(2)19(11(3)4)8-7-17-15-18-13-6-5-12(16)9-14(13)20-15/h5-6,9-11H,7-8H2,1-4H3,(H,17,18). The van der Waals surface area contributed by atoms with Crippen LogP contribution in [0.5, 0.6) is 0 Å². The van der Waals surface area contributed by atoms with Crippen LogP contribution in [0, 0.1) is 0 Å². The van der Waals surface area contributed by atoms with Gasteiger partial charge in [-0.25, -0.2) is 4.98 Å². The molecule has 0 unspecified atom stereocenters. The second kappa shape index (κ2) is 6.87. The maximum absolute atomic E-state index is 4.61. The number of hydrogen-bond acceptors (Lipinski definition) is 4. The summed E-state index contributed by atoms with van der Waals surface area (Å²) in [5.41, 5.74) is 1.06. The van der Waals surface area contributed by atoms with Gasteiger partial charge in [-0.3, -0.25) is 4.90 Å². The summed E-state index contributed by atoms with van der Waals surface area (Å²) in [5, 5.41) is 4.45. The van der Waals surface area contributed by atoms with Crippen molar-refractivity contribution in [1.82, 2.24) is 9.88 Å². The van der Waals surface area contributed by atoms with E-state index in [-0.39, 0.29) is 0 Å². The van der Waals surface area contributed by atoms with Crippen molar-refractivity contribution in [1.29, 1.82) is 0 Å². The van der Waals surface area contributed by atoms with Gasteiger partial charge < -0.3 is 5.32 Å². The third-order valence-corrected chi connectivity index (χ3v) is 4.79. The molecule has 0 aliphatic heterocycles. The maximum atomic E-state index is 4.61. The Morgan fingerprint density at radius 1 is 1.25 bits per heavy atom. The van der Waals surface area contributed by atoms with E-state index in [1.807, 2.05) is 6.07 Å². The maximum Gasteiger partial charge on any atom is 0.183 e. The van der Waals surface area contributed by atoms with E-state index in [0.717, 1.165) is 28.2 Å². The Bertz CT molecular complexity index is 557. The molecule has 0 radical (unpaired) electrons. The van der Waals surface area contributed by atoms with Crippen LogP contribution in [0.15, 0.2) is 22.7 Å². The number of thiazole rings is 1. The SMILES string of the molecule is CC(C)N(CCNc1nc2ccc(Br)cc2s1)C(C)C. The molecule has 0 spiro atoms. The van der Waals surface area contributed by atoms with Gasteiger partial charge in [0.1, 0.15) is 0 Å². The highest BCUT2D eigenvalue weighted by atomic mass is 79.9. The first-order valence-corrected chi connectivity index (χ1v) is 8.64. The Balaban J connectivity index is 1.95. The highest BCUT2D eigenvalue weighted by Gasteiger charge is 2.12. The molecule has 0 aliphatic carbocycles. The summed E-state index contributed by atoms with van der Waals surface area (Å²) in [6.45, 7) is 10.9. The molecule has 0 fully saturated rings. The minimum absolute atomic E-state index is 0.572. The van der Waals surface area contributed by atoms with Crippen LogP contribution in [-0.2, 0) is 0 Å². The van der Waals surface area contributed by atoms with E-state index >= 15 is 0 Å². The van der Waals surface area contributed by atoms with E-state index in [1.165, 1.54) is 4.70 Å². The van der Waals surface area contributed by atoms with Crippen LogP contribution in [0.2, 0.25) is 0 Å². The highest BCUT2D eigenvalue weighted by Crippen LogP contribution is 2.28. The molecular weight excluding hydrogens is 334 g/mol. The lowest BCUT2D eigenvalue weighted by atomic mass is 10.2. The van der Waals surface area contributed by atoms with Crippen molar-refractivity contribution in [2.75, 3.05) is 18.4 Å². The summed E-state index contributed by atoms with van der Waals surface area (Å²) in [6, 6.07) is 7.35. The Morgan fingerprint density at radius 3 is 2.60 bits per heavy atom. The molecule has 0 saturated heterocycles. The average Bonchev–Trinajstić information content (AvgIpc) is 2.75. The zero-order valence-corrected chi connectivity index (χ0v) is 14.9. The van der Waals surface area contributed by atoms with Gasteiger partial charge in [-0.05, 0) is 45.9 Å². The second-order valence-corrected chi connectivity index (χ2v) is 7.43. The quantitative estimate of drug-likeness (QED) is 0.821. The van der Waals surface area contributed by atoms with Crippen molar-refractivity contribution in [3.05, 3.63) is 22.7 Å². The lowest BCUT2D eigenvalue weighted by molar-refractivity contribution is 0.182. The number of halogens is 1. The lowest BCUT2D eigenvalue weighted by Crippen LogP contribution is -2.40. The van der Waals surface area contributed by atoms with Crippen molar-refractivity contribution < 1.29 is 0 Å². The molecule has 20 heavy (non-hydrogen) atoms. The van der Waals surface area contributed by atoms with Crippen molar-refractivity contribution in [2.24, 2.45) is 0 Å². The zero-order chi connectivity index (χ0) is 14.7. The fourth-order valence-electron chi connectivity index (χ4n) is 2.38. The van der Waals surface area contributed by atoms with E-state index in [2.05, 4.69) is 71.0 Å². The molecule has 0 saturated carbocycles. The second-order valence-electron chi connectivity index (χ2n) is 5.48. The van der Waals surface area contributed by atoms with E-state index in [0.29, 0.717) is 12.1 Å². The van der Waals surface area contributed by atoms with Gasteiger partial charge >= 0.3 is 0 Å². The van der Waals surface area contributed by atoms with Crippen LogP contribution in [0.4, 0.5) is 5.13 Å². The Kier molecular flexibility index (Phi) is 5.41. The van der Waals surface area contributed by atoms with Gasteiger partial charge in [0, 0.05) is 29.6 Å². The topological polar surface area (TPSA) is 28.2 Å². The largest absolute Gasteiger partial charge is 0.360 e. The fraction of sp³-hybridized carbons (Fsp3) is 0.533. The number of hydrogen-bond donors (Lipinski definition) is 1. The van der Waals surface area contributed by atoms with Crippen LogP contribution in [-0.4, -0.2) is 35.1 Å². The van der Waals surface area contributed by atoms with Crippen LogP contribution >= 0.6 is 27.3 Å². The molecule has 3 nitrogen and oxygen atoms in total. The minimum atomic E-state index is 0.572. The van der Waals surface area contributed by atoms with Crippen LogP contribution in [0.1, 0.15) is 27.7 Å². The first kappa shape index (κ1) is 15.7. The van der Waals surface area contributed by atoms with Gasteiger partial charge in [-0.15, -0.1) is 0 Å².